The molecule has 0 unspecified atom stereocenters. The SMILES string of the molecule is C/C=C/CCCCCCCCC1=NCCN1CCO. The van der Waals surface area contributed by atoms with E-state index < -0.39 is 0 Å². The summed E-state index contributed by atoms with van der Waals surface area (Å²) in [5.41, 5.74) is 0. The van der Waals surface area contributed by atoms with Crippen LogP contribution in [0.2, 0.25) is 0 Å². The van der Waals surface area contributed by atoms with Crippen molar-refractivity contribution in [2.45, 2.75) is 58.3 Å². The number of allylic oxidation sites excluding steroid dienone is 2. The van der Waals surface area contributed by atoms with Crippen LogP contribution in [0.4, 0.5) is 0 Å². The highest BCUT2D eigenvalue weighted by Crippen LogP contribution is 2.12. The second-order valence-corrected chi connectivity index (χ2v) is 5.24. The molecule has 0 bridgehead atoms. The lowest BCUT2D eigenvalue weighted by Crippen LogP contribution is -2.30. The number of nitrogens with zero attached hydrogens (tertiary/aromatic N) is 2. The van der Waals surface area contributed by atoms with E-state index >= 15 is 0 Å². The minimum atomic E-state index is 0.241. The van der Waals surface area contributed by atoms with Crippen LogP contribution < -0.4 is 0 Å². The van der Waals surface area contributed by atoms with Gasteiger partial charge >= 0.3 is 0 Å². The molecular weight excluding hydrogens is 236 g/mol. The van der Waals surface area contributed by atoms with Crippen molar-refractivity contribution in [3.63, 3.8) is 0 Å². The van der Waals surface area contributed by atoms with Gasteiger partial charge in [-0.2, -0.15) is 0 Å². The van der Waals surface area contributed by atoms with E-state index in [2.05, 4.69) is 29.0 Å². The largest absolute Gasteiger partial charge is 0.395 e. The quantitative estimate of drug-likeness (QED) is 0.459. The van der Waals surface area contributed by atoms with Gasteiger partial charge in [0.1, 0.15) is 0 Å². The lowest BCUT2D eigenvalue weighted by atomic mass is 10.1. The van der Waals surface area contributed by atoms with Gasteiger partial charge in [0.2, 0.25) is 0 Å². The molecule has 0 aromatic rings. The zero-order valence-corrected chi connectivity index (χ0v) is 12.5. The van der Waals surface area contributed by atoms with Crippen LogP contribution in [0.3, 0.4) is 0 Å². The fourth-order valence-corrected chi connectivity index (χ4v) is 2.55. The third-order valence-electron chi connectivity index (χ3n) is 3.66. The first-order valence-electron chi connectivity index (χ1n) is 7.88. The van der Waals surface area contributed by atoms with E-state index in [4.69, 9.17) is 5.11 Å². The summed E-state index contributed by atoms with van der Waals surface area (Å²) in [6.07, 6.45) is 14.7. The summed E-state index contributed by atoms with van der Waals surface area (Å²) in [4.78, 5) is 6.76. The predicted octanol–water partition coefficient (Wildman–Crippen LogP) is 3.39. The van der Waals surface area contributed by atoms with E-state index in [0.717, 1.165) is 26.1 Å². The molecule has 0 fully saturated rings. The van der Waals surface area contributed by atoms with Crippen LogP contribution >= 0.6 is 0 Å². The maximum absolute atomic E-state index is 8.97. The van der Waals surface area contributed by atoms with Crippen molar-refractivity contribution < 1.29 is 5.11 Å². The van der Waals surface area contributed by atoms with Gasteiger partial charge in [-0.25, -0.2) is 0 Å². The number of aliphatic imine (C=N–C) groups is 1. The molecule has 1 N–H and O–H groups in total. The molecule has 1 aliphatic rings. The van der Waals surface area contributed by atoms with Crippen LogP contribution in [0, 0.1) is 0 Å². The molecule has 0 spiro atoms. The summed E-state index contributed by atoms with van der Waals surface area (Å²) in [5, 5.41) is 8.97. The fourth-order valence-electron chi connectivity index (χ4n) is 2.55. The van der Waals surface area contributed by atoms with E-state index in [1.165, 1.54) is 50.8 Å². The summed E-state index contributed by atoms with van der Waals surface area (Å²) >= 11 is 0. The minimum absolute atomic E-state index is 0.241. The molecule has 0 saturated carbocycles. The van der Waals surface area contributed by atoms with E-state index in [9.17, 15) is 0 Å². The molecule has 0 aromatic heterocycles. The molecule has 0 radical (unpaired) electrons. The molecular formula is C16H30N2O. The molecule has 3 heteroatoms. The van der Waals surface area contributed by atoms with Crippen molar-refractivity contribution >= 4 is 5.84 Å². The van der Waals surface area contributed by atoms with Crippen LogP contribution in [0.1, 0.15) is 58.3 Å². The molecule has 1 aliphatic heterocycles. The predicted molar refractivity (Wildman–Crippen MR) is 82.7 cm³/mol. The average Bonchev–Trinajstić information content (AvgIpc) is 2.85. The molecule has 1 heterocycles. The molecule has 3 nitrogen and oxygen atoms in total. The van der Waals surface area contributed by atoms with E-state index in [0.29, 0.717) is 0 Å². The summed E-state index contributed by atoms with van der Waals surface area (Å²) in [5.74, 6) is 1.22. The van der Waals surface area contributed by atoms with Crippen molar-refractivity contribution in [3.8, 4) is 0 Å². The Balaban J connectivity index is 1.93. The van der Waals surface area contributed by atoms with Crippen molar-refractivity contribution in [1.82, 2.24) is 4.90 Å². The Kier molecular flexibility index (Phi) is 9.42. The Morgan fingerprint density at radius 1 is 1.16 bits per heavy atom. The van der Waals surface area contributed by atoms with E-state index in [-0.39, 0.29) is 6.61 Å². The normalized spacial score (nSPS) is 15.5. The van der Waals surface area contributed by atoms with E-state index in [1.54, 1.807) is 0 Å². The highest BCUT2D eigenvalue weighted by molar-refractivity contribution is 5.83. The molecule has 0 aromatic carbocycles. The number of hydrogen-bond donors (Lipinski definition) is 1. The van der Waals surface area contributed by atoms with Crippen molar-refractivity contribution in [2.75, 3.05) is 26.2 Å². The monoisotopic (exact) mass is 266 g/mol. The Bertz CT molecular complexity index is 274. The lowest BCUT2D eigenvalue weighted by Gasteiger charge is -2.18. The van der Waals surface area contributed by atoms with Crippen LogP contribution in [0.15, 0.2) is 17.1 Å². The van der Waals surface area contributed by atoms with E-state index in [1.807, 2.05) is 0 Å². The molecule has 0 saturated heterocycles. The van der Waals surface area contributed by atoms with Gasteiger partial charge in [0.25, 0.3) is 0 Å². The first kappa shape index (κ1) is 16.2. The van der Waals surface area contributed by atoms with Gasteiger partial charge in [0.05, 0.1) is 19.0 Å². The highest BCUT2D eigenvalue weighted by Gasteiger charge is 2.14. The number of hydrogen-bond acceptors (Lipinski definition) is 3. The summed E-state index contributed by atoms with van der Waals surface area (Å²) < 4.78 is 0. The van der Waals surface area contributed by atoms with Gasteiger partial charge in [0, 0.05) is 19.5 Å². The number of unbranched alkanes of at least 4 members (excludes halogenated alkanes) is 6. The zero-order valence-electron chi connectivity index (χ0n) is 12.5. The average molecular weight is 266 g/mol. The zero-order chi connectivity index (χ0) is 13.8. The molecule has 0 atom stereocenters. The number of β-amino-alcohol motifs (C(OH)–C–C–N with tert-alkyl or cyclic N) is 1. The minimum Gasteiger partial charge on any atom is -0.395 e. The van der Waals surface area contributed by atoms with Gasteiger partial charge in [-0.05, 0) is 26.2 Å². The van der Waals surface area contributed by atoms with Crippen molar-refractivity contribution in [1.29, 1.82) is 0 Å². The molecule has 1 rings (SSSR count). The summed E-state index contributed by atoms with van der Waals surface area (Å²) in [6.45, 7) is 5.00. The maximum Gasteiger partial charge on any atom is 0.0991 e. The fraction of sp³-hybridized carbons (Fsp3) is 0.812. The Labute approximate surface area is 118 Å². The molecule has 0 aliphatic carbocycles. The number of aliphatic hydroxyl groups is 1. The van der Waals surface area contributed by atoms with Crippen LogP contribution in [0.25, 0.3) is 0 Å². The van der Waals surface area contributed by atoms with Gasteiger partial charge in [-0.15, -0.1) is 0 Å². The Hall–Kier alpha value is -0.830. The molecule has 0 amide bonds. The second-order valence-electron chi connectivity index (χ2n) is 5.24. The third-order valence-corrected chi connectivity index (χ3v) is 3.66. The first-order chi connectivity index (χ1) is 9.38. The van der Waals surface area contributed by atoms with Gasteiger partial charge < -0.3 is 10.0 Å². The van der Waals surface area contributed by atoms with Crippen molar-refractivity contribution in [2.24, 2.45) is 4.99 Å². The standard InChI is InChI=1S/C16H30N2O/c1-2-3-4-5-6-7-8-9-10-11-16-17-12-13-18(16)14-15-19/h2-3,19H,4-15H2,1H3/b3-2+. The van der Waals surface area contributed by atoms with Gasteiger partial charge in [-0.3, -0.25) is 4.99 Å². The number of rotatable bonds is 11. The van der Waals surface area contributed by atoms with Gasteiger partial charge in [-0.1, -0.05) is 37.8 Å². The second kappa shape index (κ2) is 11.0. The smallest absolute Gasteiger partial charge is 0.0991 e. The molecule has 19 heavy (non-hydrogen) atoms. The summed E-state index contributed by atoms with van der Waals surface area (Å²) in [7, 11) is 0. The highest BCUT2D eigenvalue weighted by atomic mass is 16.3. The third kappa shape index (κ3) is 7.36. The van der Waals surface area contributed by atoms with Gasteiger partial charge in [0.15, 0.2) is 0 Å². The number of amidine groups is 1. The topological polar surface area (TPSA) is 35.8 Å². The Morgan fingerprint density at radius 2 is 1.89 bits per heavy atom. The number of aliphatic hydroxyl groups excluding tert-OH is 1. The summed E-state index contributed by atoms with van der Waals surface area (Å²) in [6, 6.07) is 0. The van der Waals surface area contributed by atoms with Crippen LogP contribution in [-0.4, -0.2) is 42.1 Å². The maximum atomic E-state index is 8.97. The molecule has 110 valence electrons. The van der Waals surface area contributed by atoms with Crippen molar-refractivity contribution in [3.05, 3.63) is 12.2 Å². The Morgan fingerprint density at radius 3 is 2.63 bits per heavy atom. The van der Waals surface area contributed by atoms with Crippen LogP contribution in [0.5, 0.6) is 0 Å². The lowest BCUT2D eigenvalue weighted by molar-refractivity contribution is 0.255. The first-order valence-corrected chi connectivity index (χ1v) is 7.88. The van der Waals surface area contributed by atoms with Crippen LogP contribution in [-0.2, 0) is 0 Å².